The molecule has 0 unspecified atom stereocenters. The standard InChI is InChI=1S/C17H15BrN2O4S/c1-11-16(18)17(24-19-11)20-25(21,22)15-8-6-12(7-9-15)13-4-3-5-14(10-13)23-2/h3-10,20H,1-2H3. The summed E-state index contributed by atoms with van der Waals surface area (Å²) < 4.78 is 38.0. The van der Waals surface area contributed by atoms with Crippen LogP contribution in [0.2, 0.25) is 0 Å². The number of nitrogens with zero attached hydrogens (tertiary/aromatic N) is 1. The van der Waals surface area contributed by atoms with Crippen LogP contribution in [-0.4, -0.2) is 20.7 Å². The molecule has 8 heteroatoms. The second-order valence-electron chi connectivity index (χ2n) is 5.27. The van der Waals surface area contributed by atoms with Gasteiger partial charge in [-0.25, -0.2) is 13.1 Å². The number of methoxy groups -OCH3 is 1. The van der Waals surface area contributed by atoms with Gasteiger partial charge in [0.05, 0.1) is 17.7 Å². The normalized spacial score (nSPS) is 11.3. The first-order chi connectivity index (χ1) is 11.9. The Bertz CT molecular complexity index is 998. The third-order valence-electron chi connectivity index (χ3n) is 3.59. The van der Waals surface area contributed by atoms with Gasteiger partial charge < -0.3 is 9.26 Å². The zero-order chi connectivity index (χ0) is 18.0. The summed E-state index contributed by atoms with van der Waals surface area (Å²) in [5.41, 5.74) is 2.38. The summed E-state index contributed by atoms with van der Waals surface area (Å²) in [6, 6.07) is 14.1. The number of hydrogen-bond acceptors (Lipinski definition) is 5. The van der Waals surface area contributed by atoms with Crippen molar-refractivity contribution >= 4 is 31.8 Å². The van der Waals surface area contributed by atoms with Gasteiger partial charge in [0.15, 0.2) is 0 Å². The summed E-state index contributed by atoms with van der Waals surface area (Å²) in [5, 5.41) is 3.70. The van der Waals surface area contributed by atoms with E-state index in [0.717, 1.165) is 16.9 Å². The van der Waals surface area contributed by atoms with Gasteiger partial charge in [0.2, 0.25) is 0 Å². The van der Waals surface area contributed by atoms with E-state index in [1.807, 2.05) is 24.3 Å². The summed E-state index contributed by atoms with van der Waals surface area (Å²) in [5.74, 6) is 0.788. The minimum absolute atomic E-state index is 0.0503. The highest BCUT2D eigenvalue weighted by molar-refractivity contribution is 9.10. The molecule has 1 aromatic heterocycles. The third-order valence-corrected chi connectivity index (χ3v) is 5.87. The largest absolute Gasteiger partial charge is 0.497 e. The fourth-order valence-corrected chi connectivity index (χ4v) is 3.60. The minimum Gasteiger partial charge on any atom is -0.497 e. The number of benzene rings is 2. The molecule has 0 spiro atoms. The topological polar surface area (TPSA) is 81.4 Å². The van der Waals surface area contributed by atoms with E-state index < -0.39 is 10.0 Å². The molecule has 6 nitrogen and oxygen atoms in total. The van der Waals surface area contributed by atoms with Gasteiger partial charge in [0, 0.05) is 0 Å². The number of aryl methyl sites for hydroxylation is 1. The average molecular weight is 423 g/mol. The molecular weight excluding hydrogens is 408 g/mol. The van der Waals surface area contributed by atoms with Crippen LogP contribution >= 0.6 is 15.9 Å². The van der Waals surface area contributed by atoms with E-state index in [-0.39, 0.29) is 10.8 Å². The van der Waals surface area contributed by atoms with E-state index in [2.05, 4.69) is 25.8 Å². The first kappa shape index (κ1) is 17.5. The molecule has 0 amide bonds. The SMILES string of the molecule is COc1cccc(-c2ccc(S(=O)(=O)Nc3onc(C)c3Br)cc2)c1. The Labute approximate surface area is 154 Å². The molecule has 0 fully saturated rings. The zero-order valence-electron chi connectivity index (χ0n) is 13.5. The molecule has 0 atom stereocenters. The van der Waals surface area contributed by atoms with Crippen LogP contribution in [-0.2, 0) is 10.0 Å². The van der Waals surface area contributed by atoms with Gasteiger partial charge in [-0.15, -0.1) is 0 Å². The Hall–Kier alpha value is -2.32. The van der Waals surface area contributed by atoms with E-state index in [4.69, 9.17) is 9.26 Å². The van der Waals surface area contributed by atoms with Gasteiger partial charge >= 0.3 is 0 Å². The molecule has 0 aliphatic rings. The first-order valence-corrected chi connectivity index (χ1v) is 9.57. The number of ether oxygens (including phenoxy) is 1. The molecule has 1 N–H and O–H groups in total. The Balaban J connectivity index is 1.87. The predicted molar refractivity (Wildman–Crippen MR) is 98.2 cm³/mol. The van der Waals surface area contributed by atoms with Crippen LogP contribution in [0.5, 0.6) is 5.75 Å². The lowest BCUT2D eigenvalue weighted by Gasteiger charge is -2.08. The van der Waals surface area contributed by atoms with Crippen LogP contribution in [0.1, 0.15) is 5.69 Å². The van der Waals surface area contributed by atoms with Crippen molar-refractivity contribution in [2.75, 3.05) is 11.8 Å². The summed E-state index contributed by atoms with van der Waals surface area (Å²) in [7, 11) is -2.17. The van der Waals surface area contributed by atoms with Crippen molar-refractivity contribution < 1.29 is 17.7 Å². The lowest BCUT2D eigenvalue weighted by molar-refractivity contribution is 0.415. The maximum atomic E-state index is 12.5. The lowest BCUT2D eigenvalue weighted by atomic mass is 10.1. The molecule has 25 heavy (non-hydrogen) atoms. The van der Waals surface area contributed by atoms with Crippen molar-refractivity contribution in [3.8, 4) is 16.9 Å². The molecule has 3 aromatic rings. The van der Waals surface area contributed by atoms with Crippen LogP contribution < -0.4 is 9.46 Å². The van der Waals surface area contributed by atoms with Crippen molar-refractivity contribution in [1.82, 2.24) is 5.16 Å². The van der Waals surface area contributed by atoms with Gasteiger partial charge in [0.25, 0.3) is 15.9 Å². The molecule has 130 valence electrons. The molecule has 0 saturated heterocycles. The second-order valence-corrected chi connectivity index (χ2v) is 7.75. The van der Waals surface area contributed by atoms with Crippen molar-refractivity contribution in [2.24, 2.45) is 0 Å². The van der Waals surface area contributed by atoms with Gasteiger partial charge in [-0.05, 0) is 58.2 Å². The Morgan fingerprint density at radius 2 is 1.84 bits per heavy atom. The summed E-state index contributed by atoms with van der Waals surface area (Å²) >= 11 is 3.24. The maximum Gasteiger partial charge on any atom is 0.264 e. The third kappa shape index (κ3) is 3.69. The molecular formula is C17H15BrN2O4S. The van der Waals surface area contributed by atoms with E-state index >= 15 is 0 Å². The van der Waals surface area contributed by atoms with Gasteiger partial charge in [-0.1, -0.05) is 29.4 Å². The zero-order valence-corrected chi connectivity index (χ0v) is 15.9. The summed E-state index contributed by atoms with van der Waals surface area (Å²) in [4.78, 5) is 0.125. The smallest absolute Gasteiger partial charge is 0.264 e. The van der Waals surface area contributed by atoms with E-state index in [1.54, 1.807) is 26.2 Å². The molecule has 0 aliphatic heterocycles. The molecule has 0 saturated carbocycles. The van der Waals surface area contributed by atoms with Crippen LogP contribution in [0.4, 0.5) is 5.88 Å². The highest BCUT2D eigenvalue weighted by atomic mass is 79.9. The Morgan fingerprint density at radius 3 is 2.44 bits per heavy atom. The number of anilines is 1. The van der Waals surface area contributed by atoms with Crippen LogP contribution in [0.15, 0.2) is 62.4 Å². The fourth-order valence-electron chi connectivity index (χ4n) is 2.23. The van der Waals surface area contributed by atoms with Gasteiger partial charge in [-0.2, -0.15) is 0 Å². The van der Waals surface area contributed by atoms with Gasteiger partial charge in [-0.3, -0.25) is 0 Å². The molecule has 0 aliphatic carbocycles. The quantitative estimate of drug-likeness (QED) is 0.665. The summed E-state index contributed by atoms with van der Waals surface area (Å²) in [6.45, 7) is 1.70. The molecule has 1 heterocycles. The van der Waals surface area contributed by atoms with Crippen molar-refractivity contribution in [1.29, 1.82) is 0 Å². The molecule has 3 rings (SSSR count). The van der Waals surface area contributed by atoms with E-state index in [0.29, 0.717) is 10.2 Å². The predicted octanol–water partition coefficient (Wildman–Crippen LogP) is 4.22. The first-order valence-electron chi connectivity index (χ1n) is 7.30. The maximum absolute atomic E-state index is 12.5. The Kier molecular flexibility index (Phi) is 4.82. The van der Waals surface area contributed by atoms with Crippen LogP contribution in [0.25, 0.3) is 11.1 Å². The fraction of sp³-hybridized carbons (Fsp3) is 0.118. The second kappa shape index (κ2) is 6.89. The monoisotopic (exact) mass is 422 g/mol. The van der Waals surface area contributed by atoms with Gasteiger partial charge in [0.1, 0.15) is 10.2 Å². The number of hydrogen-bond donors (Lipinski definition) is 1. The van der Waals surface area contributed by atoms with Crippen molar-refractivity contribution in [3.63, 3.8) is 0 Å². The number of rotatable bonds is 5. The minimum atomic E-state index is -3.77. The van der Waals surface area contributed by atoms with Crippen LogP contribution in [0, 0.1) is 6.92 Å². The highest BCUT2D eigenvalue weighted by Gasteiger charge is 2.20. The van der Waals surface area contributed by atoms with Crippen LogP contribution in [0.3, 0.4) is 0 Å². The van der Waals surface area contributed by atoms with Crippen molar-refractivity contribution in [3.05, 3.63) is 58.7 Å². The molecule has 0 bridgehead atoms. The average Bonchev–Trinajstić information content (AvgIpc) is 2.93. The molecule has 2 aromatic carbocycles. The number of aromatic nitrogens is 1. The van der Waals surface area contributed by atoms with E-state index in [1.165, 1.54) is 12.1 Å². The number of nitrogens with one attached hydrogen (secondary N) is 1. The highest BCUT2D eigenvalue weighted by Crippen LogP contribution is 2.29. The lowest BCUT2D eigenvalue weighted by Crippen LogP contribution is -2.12. The summed E-state index contributed by atoms with van der Waals surface area (Å²) in [6.07, 6.45) is 0. The number of sulfonamides is 1. The van der Waals surface area contributed by atoms with Crippen molar-refractivity contribution in [2.45, 2.75) is 11.8 Å². The Morgan fingerprint density at radius 1 is 1.12 bits per heavy atom. The number of halogens is 1. The van der Waals surface area contributed by atoms with E-state index in [9.17, 15) is 8.42 Å². The molecule has 0 radical (unpaired) electrons.